The van der Waals surface area contributed by atoms with Gasteiger partial charge in [0.05, 0.1) is 26.9 Å². The third-order valence-electron chi connectivity index (χ3n) is 3.26. The zero-order valence-corrected chi connectivity index (χ0v) is 15.7. The quantitative estimate of drug-likeness (QED) is 0.421. The Bertz CT molecular complexity index is 609. The van der Waals surface area contributed by atoms with Crippen molar-refractivity contribution in [1.29, 1.82) is 0 Å². The Labute approximate surface area is 159 Å². The highest BCUT2D eigenvalue weighted by Crippen LogP contribution is 2.37. The van der Waals surface area contributed by atoms with Crippen LogP contribution < -0.4 is 5.32 Å². The minimum atomic E-state index is -0.519. The fourth-order valence-corrected chi connectivity index (χ4v) is 3.53. The highest BCUT2D eigenvalue weighted by molar-refractivity contribution is 8.00. The molecule has 1 amide bonds. The molecule has 1 heterocycles. The summed E-state index contributed by atoms with van der Waals surface area (Å²) in [6, 6.07) is 3.27. The second-order valence-electron chi connectivity index (χ2n) is 5.06. The number of benzene rings is 1. The van der Waals surface area contributed by atoms with Crippen LogP contribution in [0.25, 0.3) is 0 Å². The number of rotatable bonds is 7. The van der Waals surface area contributed by atoms with Gasteiger partial charge < -0.3 is 14.8 Å². The zero-order valence-electron chi connectivity index (χ0n) is 12.6. The largest absolute Gasteiger partial charge is 0.455 e. The van der Waals surface area contributed by atoms with Crippen LogP contribution in [-0.2, 0) is 19.1 Å². The maximum Gasteiger partial charge on any atom is 0.316 e. The number of nitrogens with one attached hydrogen (secondary N) is 1. The zero-order chi connectivity index (χ0) is 17.5. The van der Waals surface area contributed by atoms with Crippen LogP contribution in [0.2, 0.25) is 15.1 Å². The number of hydrogen-bond donors (Lipinski definition) is 1. The molecular weight excluding hydrogens is 397 g/mol. The predicted octanol–water partition coefficient (Wildman–Crippen LogP) is 3.58. The molecular formula is C15H16Cl3NO4S. The summed E-state index contributed by atoms with van der Waals surface area (Å²) >= 11 is 19.0. The number of amides is 1. The Morgan fingerprint density at radius 3 is 2.79 bits per heavy atom. The normalized spacial score (nSPS) is 16.9. The average Bonchev–Trinajstić information content (AvgIpc) is 3.09. The van der Waals surface area contributed by atoms with Gasteiger partial charge in [-0.15, -0.1) is 11.8 Å². The first kappa shape index (κ1) is 19.7. The summed E-state index contributed by atoms with van der Waals surface area (Å²) in [5.41, 5.74) is 0. The van der Waals surface area contributed by atoms with Gasteiger partial charge in [0.1, 0.15) is 0 Å². The first-order valence-corrected chi connectivity index (χ1v) is 9.39. The van der Waals surface area contributed by atoms with E-state index < -0.39 is 5.97 Å². The summed E-state index contributed by atoms with van der Waals surface area (Å²) in [5.74, 6) is -0.859. The molecule has 1 aromatic rings. The van der Waals surface area contributed by atoms with Gasteiger partial charge >= 0.3 is 5.97 Å². The molecule has 1 unspecified atom stereocenters. The fourth-order valence-electron chi connectivity index (χ4n) is 2.03. The molecule has 0 saturated carbocycles. The maximum absolute atomic E-state index is 11.7. The Morgan fingerprint density at radius 2 is 2.08 bits per heavy atom. The van der Waals surface area contributed by atoms with Crippen LogP contribution in [0.1, 0.15) is 12.8 Å². The van der Waals surface area contributed by atoms with Crippen molar-refractivity contribution in [3.05, 3.63) is 27.2 Å². The second-order valence-corrected chi connectivity index (χ2v) is 7.24. The smallest absolute Gasteiger partial charge is 0.316 e. The molecule has 1 aromatic carbocycles. The van der Waals surface area contributed by atoms with Crippen molar-refractivity contribution in [2.45, 2.75) is 23.8 Å². The topological polar surface area (TPSA) is 64.6 Å². The SMILES string of the molecule is O=C(COC(=O)CSc1ccc(Cl)c(Cl)c1Cl)NCC1CCCO1. The number of hydrogen-bond acceptors (Lipinski definition) is 5. The molecule has 9 heteroatoms. The first-order chi connectivity index (χ1) is 11.5. The van der Waals surface area contributed by atoms with Crippen LogP contribution in [0.15, 0.2) is 17.0 Å². The molecule has 0 aliphatic carbocycles. The van der Waals surface area contributed by atoms with Gasteiger partial charge in [0.2, 0.25) is 0 Å². The van der Waals surface area contributed by atoms with Crippen molar-refractivity contribution in [2.24, 2.45) is 0 Å². The summed E-state index contributed by atoms with van der Waals surface area (Å²) in [7, 11) is 0. The van der Waals surface area contributed by atoms with E-state index in [9.17, 15) is 9.59 Å². The minimum absolute atomic E-state index is 0.0106. The summed E-state index contributed by atoms with van der Waals surface area (Å²) in [6.07, 6.45) is 1.99. The molecule has 0 aromatic heterocycles. The molecule has 1 aliphatic rings. The van der Waals surface area contributed by atoms with Gasteiger partial charge in [-0.2, -0.15) is 0 Å². The van der Waals surface area contributed by atoms with E-state index in [1.165, 1.54) is 0 Å². The number of esters is 1. The highest BCUT2D eigenvalue weighted by Gasteiger charge is 2.17. The molecule has 0 radical (unpaired) electrons. The van der Waals surface area contributed by atoms with Crippen molar-refractivity contribution < 1.29 is 19.1 Å². The molecule has 2 rings (SSSR count). The standard InChI is InChI=1S/C15H16Cl3NO4S/c16-10-3-4-11(15(18)14(10)17)24-8-13(21)23-7-12(20)19-6-9-2-1-5-22-9/h3-4,9H,1-2,5-8H2,(H,19,20). The van der Waals surface area contributed by atoms with E-state index in [0.29, 0.717) is 16.5 Å². The molecule has 24 heavy (non-hydrogen) atoms. The molecule has 0 bridgehead atoms. The average molecular weight is 413 g/mol. The Balaban J connectivity index is 1.67. The second kappa shape index (κ2) is 9.73. The molecule has 1 N–H and O–H groups in total. The molecule has 5 nitrogen and oxygen atoms in total. The van der Waals surface area contributed by atoms with Crippen LogP contribution in [0, 0.1) is 0 Å². The lowest BCUT2D eigenvalue weighted by molar-refractivity contribution is -0.146. The van der Waals surface area contributed by atoms with Gasteiger partial charge in [-0.1, -0.05) is 34.8 Å². The van der Waals surface area contributed by atoms with E-state index in [1.54, 1.807) is 12.1 Å². The van der Waals surface area contributed by atoms with Gasteiger partial charge in [0.15, 0.2) is 6.61 Å². The van der Waals surface area contributed by atoms with Gasteiger partial charge in [0, 0.05) is 18.0 Å². The number of ether oxygens (including phenoxy) is 2. The summed E-state index contributed by atoms with van der Waals surface area (Å²) in [4.78, 5) is 23.9. The van der Waals surface area contributed by atoms with Crippen molar-refractivity contribution in [2.75, 3.05) is 25.5 Å². The molecule has 1 aliphatic heterocycles. The summed E-state index contributed by atoms with van der Waals surface area (Å²) in [6.45, 7) is 0.843. The molecule has 1 fully saturated rings. The van der Waals surface area contributed by atoms with E-state index in [4.69, 9.17) is 44.3 Å². The van der Waals surface area contributed by atoms with Crippen molar-refractivity contribution in [3.63, 3.8) is 0 Å². The van der Waals surface area contributed by atoms with Gasteiger partial charge in [-0.05, 0) is 25.0 Å². The lowest BCUT2D eigenvalue weighted by Gasteiger charge is -2.11. The van der Waals surface area contributed by atoms with Crippen LogP contribution in [0.4, 0.5) is 0 Å². The van der Waals surface area contributed by atoms with Gasteiger partial charge in [-0.25, -0.2) is 0 Å². The molecule has 1 saturated heterocycles. The number of halogens is 3. The van der Waals surface area contributed by atoms with Crippen LogP contribution in [-0.4, -0.2) is 43.5 Å². The van der Waals surface area contributed by atoms with Gasteiger partial charge in [0.25, 0.3) is 5.91 Å². The van der Waals surface area contributed by atoms with Crippen LogP contribution >= 0.6 is 46.6 Å². The van der Waals surface area contributed by atoms with Crippen LogP contribution in [0.5, 0.6) is 0 Å². The first-order valence-electron chi connectivity index (χ1n) is 7.27. The van der Waals surface area contributed by atoms with Gasteiger partial charge in [-0.3, -0.25) is 9.59 Å². The van der Waals surface area contributed by atoms with Crippen molar-refractivity contribution in [1.82, 2.24) is 5.32 Å². The van der Waals surface area contributed by atoms with E-state index in [0.717, 1.165) is 31.2 Å². The number of carbonyl (C=O) groups excluding carboxylic acids is 2. The Morgan fingerprint density at radius 1 is 1.29 bits per heavy atom. The molecule has 0 spiro atoms. The number of carbonyl (C=O) groups is 2. The third kappa shape index (κ3) is 6.01. The summed E-state index contributed by atoms with van der Waals surface area (Å²) < 4.78 is 10.3. The van der Waals surface area contributed by atoms with E-state index in [-0.39, 0.29) is 34.4 Å². The lowest BCUT2D eigenvalue weighted by atomic mass is 10.2. The Kier molecular flexibility index (Phi) is 7.97. The van der Waals surface area contributed by atoms with E-state index in [2.05, 4.69) is 5.32 Å². The van der Waals surface area contributed by atoms with Crippen LogP contribution in [0.3, 0.4) is 0 Å². The lowest BCUT2D eigenvalue weighted by Crippen LogP contribution is -2.35. The monoisotopic (exact) mass is 411 g/mol. The third-order valence-corrected chi connectivity index (χ3v) is 5.70. The molecule has 132 valence electrons. The van der Waals surface area contributed by atoms with E-state index in [1.807, 2.05) is 0 Å². The minimum Gasteiger partial charge on any atom is -0.455 e. The summed E-state index contributed by atoms with van der Waals surface area (Å²) in [5, 5.41) is 3.55. The maximum atomic E-state index is 11.7. The fraction of sp³-hybridized carbons (Fsp3) is 0.467. The van der Waals surface area contributed by atoms with Crippen molar-refractivity contribution >= 4 is 58.4 Å². The predicted molar refractivity (Wildman–Crippen MR) is 95.1 cm³/mol. The Hall–Kier alpha value is -0.660. The van der Waals surface area contributed by atoms with Crippen molar-refractivity contribution in [3.8, 4) is 0 Å². The van der Waals surface area contributed by atoms with E-state index >= 15 is 0 Å². The molecule has 1 atom stereocenters. The number of thioether (sulfide) groups is 1. The highest BCUT2D eigenvalue weighted by atomic mass is 35.5.